The summed E-state index contributed by atoms with van der Waals surface area (Å²) in [5, 5.41) is 8.86. The van der Waals surface area contributed by atoms with Crippen molar-refractivity contribution in [2.45, 2.75) is 38.6 Å². The summed E-state index contributed by atoms with van der Waals surface area (Å²) in [4.78, 5) is 10.8. The minimum absolute atomic E-state index is 0.0450. The average Bonchev–Trinajstić information content (AvgIpc) is 2.35. The molecule has 1 aromatic carbocycles. The molecule has 1 rings (SSSR count). The van der Waals surface area contributed by atoms with E-state index >= 15 is 0 Å². The van der Waals surface area contributed by atoms with Crippen LogP contribution in [0.4, 0.5) is 0 Å². The first-order valence-corrected chi connectivity index (χ1v) is 6.19. The third-order valence-electron chi connectivity index (χ3n) is 2.77. The Morgan fingerprint density at radius 3 is 2.50 bits per heavy atom. The number of unbranched alkanes of at least 4 members (excludes halogenated alkanes) is 1. The molecule has 0 aliphatic heterocycles. The fraction of sp³-hybridized carbons (Fsp3) is 0.500. The van der Waals surface area contributed by atoms with Crippen LogP contribution in [0.5, 0.6) is 5.75 Å². The van der Waals surface area contributed by atoms with Crippen molar-refractivity contribution < 1.29 is 14.6 Å². The van der Waals surface area contributed by atoms with Gasteiger partial charge in [0, 0.05) is 0 Å². The maximum atomic E-state index is 10.8. The summed E-state index contributed by atoms with van der Waals surface area (Å²) in [6.07, 6.45) is 3.39. The number of aryl methyl sites for hydroxylation is 1. The zero-order valence-electron chi connectivity index (χ0n) is 11.0. The Balaban J connectivity index is 2.51. The molecule has 1 aromatic rings. The first-order valence-electron chi connectivity index (χ1n) is 6.19. The van der Waals surface area contributed by atoms with Crippen LogP contribution in [-0.2, 0) is 11.2 Å². The molecule has 0 aliphatic carbocycles. The van der Waals surface area contributed by atoms with E-state index in [0.29, 0.717) is 5.75 Å². The monoisotopic (exact) mass is 251 g/mol. The van der Waals surface area contributed by atoms with Crippen molar-refractivity contribution in [3.05, 3.63) is 29.8 Å². The average molecular weight is 251 g/mol. The number of carboxylic acid groups (broad SMARTS) is 1. The SMILES string of the molecule is CCCCc1ccc(OCC(C)(N)C(=O)O)cc1. The molecule has 0 spiro atoms. The van der Waals surface area contributed by atoms with Crippen LogP contribution in [0.1, 0.15) is 32.3 Å². The van der Waals surface area contributed by atoms with E-state index < -0.39 is 11.5 Å². The predicted molar refractivity (Wildman–Crippen MR) is 70.8 cm³/mol. The van der Waals surface area contributed by atoms with Crippen LogP contribution in [0.2, 0.25) is 0 Å². The summed E-state index contributed by atoms with van der Waals surface area (Å²) in [6.45, 7) is 3.55. The normalized spacial score (nSPS) is 13.9. The van der Waals surface area contributed by atoms with Gasteiger partial charge in [-0.3, -0.25) is 4.79 Å². The molecule has 3 N–H and O–H groups in total. The highest BCUT2D eigenvalue weighted by molar-refractivity contribution is 5.78. The zero-order valence-corrected chi connectivity index (χ0v) is 11.0. The largest absolute Gasteiger partial charge is 0.491 e. The van der Waals surface area contributed by atoms with Crippen molar-refractivity contribution in [2.24, 2.45) is 5.73 Å². The van der Waals surface area contributed by atoms with E-state index in [-0.39, 0.29) is 6.61 Å². The number of hydrogen-bond donors (Lipinski definition) is 2. The second-order valence-corrected chi connectivity index (χ2v) is 4.76. The molecule has 0 aliphatic rings. The van der Waals surface area contributed by atoms with Gasteiger partial charge in [-0.05, 0) is 37.5 Å². The van der Waals surface area contributed by atoms with Gasteiger partial charge in [0.15, 0.2) is 0 Å². The lowest BCUT2D eigenvalue weighted by Gasteiger charge is -2.19. The molecule has 0 amide bonds. The van der Waals surface area contributed by atoms with Crippen molar-refractivity contribution in [2.75, 3.05) is 6.61 Å². The number of nitrogens with two attached hydrogens (primary N) is 1. The molecule has 4 heteroatoms. The van der Waals surface area contributed by atoms with Crippen molar-refractivity contribution in [3.63, 3.8) is 0 Å². The van der Waals surface area contributed by atoms with Gasteiger partial charge in [0.2, 0.25) is 0 Å². The van der Waals surface area contributed by atoms with Gasteiger partial charge in [0.25, 0.3) is 0 Å². The van der Waals surface area contributed by atoms with Crippen LogP contribution < -0.4 is 10.5 Å². The second kappa shape index (κ2) is 6.40. The van der Waals surface area contributed by atoms with Crippen molar-refractivity contribution in [1.82, 2.24) is 0 Å². The number of carbonyl (C=O) groups is 1. The fourth-order valence-corrected chi connectivity index (χ4v) is 1.43. The van der Waals surface area contributed by atoms with Crippen molar-refractivity contribution in [1.29, 1.82) is 0 Å². The van der Waals surface area contributed by atoms with Gasteiger partial charge in [-0.15, -0.1) is 0 Å². The first-order chi connectivity index (χ1) is 8.45. The number of benzene rings is 1. The molecule has 0 fully saturated rings. The highest BCUT2D eigenvalue weighted by atomic mass is 16.5. The Labute approximate surface area is 108 Å². The standard InChI is InChI=1S/C14H21NO3/c1-3-4-5-11-6-8-12(9-7-11)18-10-14(2,15)13(16)17/h6-9H,3-5,10,15H2,1-2H3,(H,16,17). The van der Waals surface area contributed by atoms with Crippen LogP contribution in [0.3, 0.4) is 0 Å². The fourth-order valence-electron chi connectivity index (χ4n) is 1.43. The van der Waals surface area contributed by atoms with Gasteiger partial charge >= 0.3 is 5.97 Å². The lowest BCUT2D eigenvalue weighted by molar-refractivity contribution is -0.143. The van der Waals surface area contributed by atoms with Crippen LogP contribution in [0, 0.1) is 0 Å². The number of hydrogen-bond acceptors (Lipinski definition) is 3. The maximum absolute atomic E-state index is 10.8. The van der Waals surface area contributed by atoms with E-state index in [1.54, 1.807) is 0 Å². The minimum atomic E-state index is -1.36. The van der Waals surface area contributed by atoms with Gasteiger partial charge in [-0.25, -0.2) is 0 Å². The lowest BCUT2D eigenvalue weighted by atomic mass is 10.1. The molecule has 18 heavy (non-hydrogen) atoms. The zero-order chi connectivity index (χ0) is 13.6. The molecule has 0 saturated heterocycles. The van der Waals surface area contributed by atoms with Gasteiger partial charge in [0.1, 0.15) is 17.9 Å². The first kappa shape index (κ1) is 14.5. The molecule has 0 heterocycles. The summed E-state index contributed by atoms with van der Waals surface area (Å²) >= 11 is 0. The Morgan fingerprint density at radius 1 is 1.39 bits per heavy atom. The Hall–Kier alpha value is -1.55. The van der Waals surface area contributed by atoms with Crippen LogP contribution in [0.15, 0.2) is 24.3 Å². The van der Waals surface area contributed by atoms with Crippen molar-refractivity contribution in [3.8, 4) is 5.75 Å². The maximum Gasteiger partial charge on any atom is 0.326 e. The van der Waals surface area contributed by atoms with E-state index in [4.69, 9.17) is 15.6 Å². The number of aliphatic carboxylic acids is 1. The Bertz CT molecular complexity index is 385. The minimum Gasteiger partial charge on any atom is -0.491 e. The van der Waals surface area contributed by atoms with Crippen LogP contribution in [0.25, 0.3) is 0 Å². The summed E-state index contributed by atoms with van der Waals surface area (Å²) < 4.78 is 5.39. The Morgan fingerprint density at radius 2 is 2.00 bits per heavy atom. The van der Waals surface area contributed by atoms with Gasteiger partial charge in [-0.1, -0.05) is 25.5 Å². The molecule has 0 bridgehead atoms. The summed E-state index contributed by atoms with van der Waals surface area (Å²) in [7, 11) is 0. The number of carboxylic acids is 1. The molecule has 4 nitrogen and oxygen atoms in total. The molecular weight excluding hydrogens is 230 g/mol. The molecule has 100 valence electrons. The van der Waals surface area contributed by atoms with Gasteiger partial charge in [0.05, 0.1) is 0 Å². The molecule has 0 saturated carbocycles. The van der Waals surface area contributed by atoms with Crippen molar-refractivity contribution >= 4 is 5.97 Å². The molecule has 1 unspecified atom stereocenters. The smallest absolute Gasteiger partial charge is 0.326 e. The highest BCUT2D eigenvalue weighted by Gasteiger charge is 2.28. The van der Waals surface area contributed by atoms with E-state index in [0.717, 1.165) is 6.42 Å². The third kappa shape index (κ3) is 4.37. The quantitative estimate of drug-likeness (QED) is 0.779. The van der Waals surface area contributed by atoms with Gasteiger partial charge in [-0.2, -0.15) is 0 Å². The number of ether oxygens (including phenoxy) is 1. The van der Waals surface area contributed by atoms with Gasteiger partial charge < -0.3 is 15.6 Å². The van der Waals surface area contributed by atoms with E-state index in [2.05, 4.69) is 6.92 Å². The second-order valence-electron chi connectivity index (χ2n) is 4.76. The van der Waals surface area contributed by atoms with E-state index in [9.17, 15) is 4.79 Å². The molecule has 0 radical (unpaired) electrons. The molecule has 1 atom stereocenters. The summed E-state index contributed by atoms with van der Waals surface area (Å²) in [5.41, 5.74) is 5.48. The summed E-state index contributed by atoms with van der Waals surface area (Å²) in [6, 6.07) is 7.70. The molecular formula is C14H21NO3. The number of rotatable bonds is 7. The highest BCUT2D eigenvalue weighted by Crippen LogP contribution is 2.15. The third-order valence-corrected chi connectivity index (χ3v) is 2.77. The van der Waals surface area contributed by atoms with Crippen LogP contribution in [-0.4, -0.2) is 23.2 Å². The topological polar surface area (TPSA) is 72.5 Å². The predicted octanol–water partition coefficient (Wildman–Crippen LogP) is 2.21. The molecule has 0 aromatic heterocycles. The Kier molecular flexibility index (Phi) is 5.16. The van der Waals surface area contributed by atoms with E-state index in [1.165, 1.54) is 25.3 Å². The lowest BCUT2D eigenvalue weighted by Crippen LogP contribution is -2.49. The van der Waals surface area contributed by atoms with E-state index in [1.807, 2.05) is 24.3 Å². The van der Waals surface area contributed by atoms with Crippen LogP contribution >= 0.6 is 0 Å². The summed E-state index contributed by atoms with van der Waals surface area (Å²) in [5.74, 6) is -0.421.